The maximum absolute atomic E-state index is 14.1. The highest BCUT2D eigenvalue weighted by Gasteiger charge is 2.24. The number of ether oxygens (including phenoxy) is 2. The summed E-state index contributed by atoms with van der Waals surface area (Å²) < 4.78 is 11.7. The lowest BCUT2D eigenvalue weighted by Crippen LogP contribution is -2.42. The second-order valence-corrected chi connectivity index (χ2v) is 24.8. The molecule has 1 aliphatic rings. The number of hydrogen-bond donors (Lipinski definition) is 0. The van der Waals surface area contributed by atoms with Gasteiger partial charge in [0.2, 0.25) is 5.91 Å². The highest BCUT2D eigenvalue weighted by atomic mass is 33.1. The Morgan fingerprint density at radius 3 is 1.23 bits per heavy atom. The number of rotatable bonds is 55. The Kier molecular flexibility index (Phi) is 50.4. The Morgan fingerprint density at radius 1 is 0.423 bits per heavy atom. The number of likely N-dealkylation sites (tertiary alicyclic amines) is 1. The second-order valence-electron chi connectivity index (χ2n) is 22.1. The summed E-state index contributed by atoms with van der Waals surface area (Å²) in [6.45, 7) is 17.0. The molecule has 0 N–H and O–H groups in total. The van der Waals surface area contributed by atoms with Gasteiger partial charge in [-0.15, -0.1) is 0 Å². The quantitative estimate of drug-likeness (QED) is 0.0339. The SMILES string of the molecule is CCCCCCC(CCCCCC)COC(=O)CCCCCCCCC(CCCCCCCCC(=O)OCC(CCCCCC)CCCCCC)N(CCCN1CCCC1)C(=O)CCSSCCCCC. The van der Waals surface area contributed by atoms with Crippen molar-refractivity contribution in [3.05, 3.63) is 0 Å². The van der Waals surface area contributed by atoms with E-state index in [1.165, 1.54) is 205 Å². The molecule has 0 bridgehead atoms. The predicted molar refractivity (Wildman–Crippen MR) is 313 cm³/mol. The zero-order chi connectivity index (χ0) is 51.5. The number of nitrogens with zero attached hydrogens (tertiary/aromatic N) is 2. The predicted octanol–water partition coefficient (Wildman–Crippen LogP) is 19.1. The lowest BCUT2D eigenvalue weighted by atomic mass is 9.95. The van der Waals surface area contributed by atoms with Crippen LogP contribution in [-0.4, -0.2) is 84.6 Å². The Bertz CT molecular complexity index is 1090. The van der Waals surface area contributed by atoms with Crippen LogP contribution in [0.2, 0.25) is 0 Å². The molecule has 1 amide bonds. The standard InChI is InChI=1S/C62H120N2O5S2/c1-6-11-16-28-40-57(41-29-17-12-7-2)55-68-61(66)46-34-26-22-20-24-32-44-59(64(52-39-51-63-49-36-37-50-63)60(65)48-54-71-70-53-38-15-10-5)45-33-25-21-23-27-35-47-62(67)69-56-58(42-30-18-13-8-3)43-31-19-14-9-4/h57-59H,6-56H2,1-5H3. The highest BCUT2D eigenvalue weighted by molar-refractivity contribution is 8.76. The molecule has 0 aliphatic carbocycles. The maximum Gasteiger partial charge on any atom is 0.305 e. The summed E-state index contributed by atoms with van der Waals surface area (Å²) in [5, 5.41) is 0. The molecule has 0 spiro atoms. The van der Waals surface area contributed by atoms with Crippen LogP contribution in [0, 0.1) is 11.8 Å². The molecular formula is C62H120N2O5S2. The van der Waals surface area contributed by atoms with Crippen molar-refractivity contribution in [2.45, 2.75) is 317 Å². The van der Waals surface area contributed by atoms with Crippen LogP contribution < -0.4 is 0 Å². The van der Waals surface area contributed by atoms with Crippen LogP contribution in [-0.2, 0) is 23.9 Å². The summed E-state index contributed by atoms with van der Waals surface area (Å²) in [5.74, 6) is 3.51. The average molecular weight is 1040 g/mol. The van der Waals surface area contributed by atoms with Gasteiger partial charge in [-0.25, -0.2) is 0 Å². The van der Waals surface area contributed by atoms with Crippen LogP contribution in [0.4, 0.5) is 0 Å². The van der Waals surface area contributed by atoms with Gasteiger partial charge in [-0.2, -0.15) is 0 Å². The summed E-state index contributed by atoms with van der Waals surface area (Å²) in [6, 6.07) is 0.317. The molecule has 420 valence electrons. The number of esters is 2. The van der Waals surface area contributed by atoms with Crippen LogP contribution in [0.15, 0.2) is 0 Å². The van der Waals surface area contributed by atoms with Crippen molar-refractivity contribution in [2.24, 2.45) is 11.8 Å². The van der Waals surface area contributed by atoms with Crippen molar-refractivity contribution in [3.8, 4) is 0 Å². The first-order valence-corrected chi connectivity index (χ1v) is 33.9. The molecule has 1 rings (SSSR count). The molecule has 1 aliphatic heterocycles. The fraction of sp³-hybridized carbons (Fsp3) is 0.952. The number of amides is 1. The molecule has 0 aromatic heterocycles. The maximum atomic E-state index is 14.1. The molecule has 7 nitrogen and oxygen atoms in total. The number of carbonyl (C=O) groups is 3. The van der Waals surface area contributed by atoms with E-state index in [2.05, 4.69) is 44.4 Å². The summed E-state index contributed by atoms with van der Waals surface area (Å²) >= 11 is 0. The third kappa shape index (κ3) is 42.9. The average Bonchev–Trinajstić information content (AvgIpc) is 3.90. The minimum atomic E-state index is 0.00286. The zero-order valence-electron chi connectivity index (χ0n) is 48.0. The van der Waals surface area contributed by atoms with Crippen molar-refractivity contribution in [2.75, 3.05) is 50.9 Å². The second kappa shape index (κ2) is 52.5. The number of hydrogen-bond acceptors (Lipinski definition) is 8. The van der Waals surface area contributed by atoms with E-state index in [1.54, 1.807) is 0 Å². The lowest BCUT2D eigenvalue weighted by Gasteiger charge is -2.33. The van der Waals surface area contributed by atoms with Crippen LogP contribution in [0.5, 0.6) is 0 Å². The first-order valence-electron chi connectivity index (χ1n) is 31.5. The molecule has 1 saturated heterocycles. The summed E-state index contributed by atoms with van der Waals surface area (Å²) in [5.41, 5.74) is 0. The summed E-state index contributed by atoms with van der Waals surface area (Å²) in [4.78, 5) is 44.6. The van der Waals surface area contributed by atoms with E-state index in [4.69, 9.17) is 9.47 Å². The van der Waals surface area contributed by atoms with Crippen LogP contribution in [0.3, 0.4) is 0 Å². The van der Waals surface area contributed by atoms with Crippen LogP contribution in [0.1, 0.15) is 311 Å². The normalized spacial score (nSPS) is 13.1. The molecule has 71 heavy (non-hydrogen) atoms. The summed E-state index contributed by atoms with van der Waals surface area (Å²) in [7, 11) is 3.85. The highest BCUT2D eigenvalue weighted by Crippen LogP contribution is 2.27. The van der Waals surface area contributed by atoms with Gasteiger partial charge in [0, 0.05) is 43.4 Å². The molecule has 1 heterocycles. The Labute approximate surface area is 450 Å². The van der Waals surface area contributed by atoms with Gasteiger partial charge in [-0.3, -0.25) is 14.4 Å². The Morgan fingerprint density at radius 2 is 0.789 bits per heavy atom. The monoisotopic (exact) mass is 1040 g/mol. The topological polar surface area (TPSA) is 76.2 Å². The van der Waals surface area contributed by atoms with E-state index in [0.717, 1.165) is 89.5 Å². The molecule has 9 heteroatoms. The van der Waals surface area contributed by atoms with Crippen molar-refractivity contribution in [1.29, 1.82) is 0 Å². The van der Waals surface area contributed by atoms with Crippen molar-refractivity contribution >= 4 is 39.4 Å². The van der Waals surface area contributed by atoms with Gasteiger partial charge in [0.1, 0.15) is 0 Å². The Hall–Kier alpha value is -0.930. The lowest BCUT2D eigenvalue weighted by molar-refractivity contribution is -0.146. The minimum Gasteiger partial charge on any atom is -0.465 e. The van der Waals surface area contributed by atoms with Gasteiger partial charge in [0.25, 0.3) is 0 Å². The van der Waals surface area contributed by atoms with Crippen molar-refractivity contribution < 1.29 is 23.9 Å². The molecule has 1 fully saturated rings. The van der Waals surface area contributed by atoms with Gasteiger partial charge in [0.05, 0.1) is 13.2 Å². The molecule has 0 aromatic carbocycles. The third-order valence-electron chi connectivity index (χ3n) is 15.3. The van der Waals surface area contributed by atoms with E-state index >= 15 is 0 Å². The van der Waals surface area contributed by atoms with Gasteiger partial charge in [-0.1, -0.05) is 236 Å². The van der Waals surface area contributed by atoms with E-state index in [0.29, 0.717) is 56.3 Å². The van der Waals surface area contributed by atoms with Gasteiger partial charge < -0.3 is 19.3 Å². The fourth-order valence-corrected chi connectivity index (χ4v) is 12.7. The van der Waals surface area contributed by atoms with Crippen LogP contribution >= 0.6 is 21.6 Å². The first-order chi connectivity index (χ1) is 34.9. The van der Waals surface area contributed by atoms with E-state index < -0.39 is 0 Å². The van der Waals surface area contributed by atoms with Gasteiger partial charge in [0.15, 0.2) is 0 Å². The first kappa shape index (κ1) is 68.1. The number of carbonyl (C=O) groups excluding carboxylic acids is 3. The molecular weight excluding hydrogens is 917 g/mol. The molecule has 0 radical (unpaired) electrons. The van der Waals surface area contributed by atoms with E-state index in [9.17, 15) is 14.4 Å². The van der Waals surface area contributed by atoms with Crippen LogP contribution in [0.25, 0.3) is 0 Å². The summed E-state index contributed by atoms with van der Waals surface area (Å²) in [6.07, 6.45) is 50.2. The Balaban J connectivity index is 2.66. The molecule has 0 aromatic rings. The van der Waals surface area contributed by atoms with Gasteiger partial charge >= 0.3 is 11.9 Å². The number of unbranched alkanes of at least 4 members (excludes halogenated alkanes) is 24. The minimum absolute atomic E-state index is 0.00286. The van der Waals surface area contributed by atoms with Gasteiger partial charge in [-0.05, 0) is 109 Å². The van der Waals surface area contributed by atoms with E-state index in [-0.39, 0.29) is 11.9 Å². The molecule has 0 saturated carbocycles. The van der Waals surface area contributed by atoms with Crippen molar-refractivity contribution in [3.63, 3.8) is 0 Å². The largest absolute Gasteiger partial charge is 0.465 e. The van der Waals surface area contributed by atoms with E-state index in [1.807, 2.05) is 21.6 Å². The molecule has 0 unspecified atom stereocenters. The fourth-order valence-electron chi connectivity index (χ4n) is 10.6. The zero-order valence-corrected chi connectivity index (χ0v) is 49.7. The van der Waals surface area contributed by atoms with Crippen molar-refractivity contribution in [1.82, 2.24) is 9.80 Å². The third-order valence-corrected chi connectivity index (χ3v) is 17.8. The molecule has 0 atom stereocenters. The smallest absolute Gasteiger partial charge is 0.305 e.